The number of benzene rings is 1. The molecule has 16 heavy (non-hydrogen) atoms. The smallest absolute Gasteiger partial charge is 0.256 e. The van der Waals surface area contributed by atoms with Crippen molar-refractivity contribution in [2.45, 2.75) is 20.8 Å². The van der Waals surface area contributed by atoms with Crippen LogP contribution in [0, 0.1) is 18.7 Å². The number of hydrogen-bond donors (Lipinski definition) is 0. The van der Waals surface area contributed by atoms with Crippen molar-refractivity contribution < 1.29 is 9.18 Å². The Morgan fingerprint density at radius 1 is 1.44 bits per heavy atom. The predicted molar refractivity (Wildman–Crippen MR) is 62.9 cm³/mol. The van der Waals surface area contributed by atoms with Gasteiger partial charge in [0.15, 0.2) is 0 Å². The third kappa shape index (κ3) is 3.05. The average Bonchev–Trinajstić information content (AvgIpc) is 2.15. The summed E-state index contributed by atoms with van der Waals surface area (Å²) >= 11 is 0. The molecule has 0 aliphatic heterocycles. The first-order valence-corrected chi connectivity index (χ1v) is 5.43. The van der Waals surface area contributed by atoms with Crippen molar-refractivity contribution in [1.29, 1.82) is 0 Å². The number of carbonyl (C=O) groups excluding carboxylic acids is 1. The van der Waals surface area contributed by atoms with Crippen LogP contribution in [0.5, 0.6) is 0 Å². The molecule has 1 aromatic rings. The molecular formula is C13H18FNO. The SMILES string of the molecule is Cc1ccc(C(=O)N(C)CC(C)C)c(F)c1. The quantitative estimate of drug-likeness (QED) is 0.771. The van der Waals surface area contributed by atoms with E-state index >= 15 is 0 Å². The molecule has 1 amide bonds. The number of hydrogen-bond acceptors (Lipinski definition) is 1. The number of carbonyl (C=O) groups is 1. The molecule has 0 bridgehead atoms. The third-order valence-electron chi connectivity index (χ3n) is 2.34. The van der Waals surface area contributed by atoms with Crippen molar-refractivity contribution in [1.82, 2.24) is 4.90 Å². The maximum atomic E-state index is 13.6. The largest absolute Gasteiger partial charge is 0.341 e. The van der Waals surface area contributed by atoms with Crippen molar-refractivity contribution in [2.75, 3.05) is 13.6 Å². The van der Waals surface area contributed by atoms with Gasteiger partial charge in [-0.25, -0.2) is 4.39 Å². The molecule has 0 atom stereocenters. The molecule has 3 heteroatoms. The molecule has 0 aromatic heterocycles. The number of rotatable bonds is 3. The molecule has 0 radical (unpaired) electrons. The Balaban J connectivity index is 2.88. The molecule has 0 N–H and O–H groups in total. The number of halogens is 1. The summed E-state index contributed by atoms with van der Waals surface area (Å²) in [5.41, 5.74) is 0.967. The normalized spacial score (nSPS) is 10.6. The van der Waals surface area contributed by atoms with Gasteiger partial charge in [-0.15, -0.1) is 0 Å². The fraction of sp³-hybridized carbons (Fsp3) is 0.462. The number of nitrogens with zero attached hydrogens (tertiary/aromatic N) is 1. The van der Waals surface area contributed by atoms with Gasteiger partial charge in [-0.2, -0.15) is 0 Å². The highest BCUT2D eigenvalue weighted by atomic mass is 19.1. The summed E-state index contributed by atoms with van der Waals surface area (Å²) in [6.45, 7) is 6.48. The maximum Gasteiger partial charge on any atom is 0.256 e. The number of amides is 1. The molecule has 2 nitrogen and oxygen atoms in total. The van der Waals surface area contributed by atoms with E-state index in [1.54, 1.807) is 31.0 Å². The Kier molecular flexibility index (Phi) is 4.05. The fourth-order valence-corrected chi connectivity index (χ4v) is 1.63. The molecule has 0 fully saturated rings. The highest BCUT2D eigenvalue weighted by Gasteiger charge is 2.16. The lowest BCUT2D eigenvalue weighted by molar-refractivity contribution is 0.0774. The lowest BCUT2D eigenvalue weighted by Gasteiger charge is -2.19. The van der Waals surface area contributed by atoms with Crippen LogP contribution >= 0.6 is 0 Å². The minimum absolute atomic E-state index is 0.147. The van der Waals surface area contributed by atoms with Crippen LogP contribution in [0.25, 0.3) is 0 Å². The van der Waals surface area contributed by atoms with Gasteiger partial charge in [0.05, 0.1) is 5.56 Å². The second kappa shape index (κ2) is 5.10. The first kappa shape index (κ1) is 12.7. The van der Waals surface area contributed by atoms with Crippen LogP contribution in [0.4, 0.5) is 4.39 Å². The fourth-order valence-electron chi connectivity index (χ4n) is 1.63. The second-order valence-corrected chi connectivity index (χ2v) is 4.56. The van der Waals surface area contributed by atoms with Gasteiger partial charge in [0.2, 0.25) is 0 Å². The molecular weight excluding hydrogens is 205 g/mol. The topological polar surface area (TPSA) is 20.3 Å². The second-order valence-electron chi connectivity index (χ2n) is 4.56. The minimum Gasteiger partial charge on any atom is -0.341 e. The van der Waals surface area contributed by atoms with Crippen molar-refractivity contribution in [3.8, 4) is 0 Å². The molecule has 0 aliphatic carbocycles. The summed E-state index contributed by atoms with van der Waals surface area (Å²) in [6, 6.07) is 4.68. The zero-order valence-corrected chi connectivity index (χ0v) is 10.2. The molecule has 0 saturated carbocycles. The summed E-state index contributed by atoms with van der Waals surface area (Å²) in [5.74, 6) is -0.325. The van der Waals surface area contributed by atoms with Crippen LogP contribution in [0.15, 0.2) is 18.2 Å². The Hall–Kier alpha value is -1.38. The van der Waals surface area contributed by atoms with E-state index in [1.807, 2.05) is 13.8 Å². The molecule has 0 heterocycles. The van der Waals surface area contributed by atoms with Crippen LogP contribution in [0.2, 0.25) is 0 Å². The highest BCUT2D eigenvalue weighted by molar-refractivity contribution is 5.94. The van der Waals surface area contributed by atoms with Crippen LogP contribution < -0.4 is 0 Å². The zero-order chi connectivity index (χ0) is 12.3. The molecule has 0 unspecified atom stereocenters. The van der Waals surface area contributed by atoms with Crippen LogP contribution in [0.3, 0.4) is 0 Å². The molecule has 0 saturated heterocycles. The first-order valence-electron chi connectivity index (χ1n) is 5.43. The van der Waals surface area contributed by atoms with Crippen molar-refractivity contribution in [3.63, 3.8) is 0 Å². The van der Waals surface area contributed by atoms with Gasteiger partial charge in [0, 0.05) is 13.6 Å². The van der Waals surface area contributed by atoms with Crippen LogP contribution in [-0.2, 0) is 0 Å². The van der Waals surface area contributed by atoms with E-state index in [1.165, 1.54) is 6.07 Å². The van der Waals surface area contributed by atoms with Crippen LogP contribution in [-0.4, -0.2) is 24.4 Å². The van der Waals surface area contributed by atoms with Gasteiger partial charge in [0.1, 0.15) is 5.82 Å². The van der Waals surface area contributed by atoms with Gasteiger partial charge < -0.3 is 4.90 Å². The lowest BCUT2D eigenvalue weighted by atomic mass is 10.1. The van der Waals surface area contributed by atoms with Crippen molar-refractivity contribution in [3.05, 3.63) is 35.1 Å². The van der Waals surface area contributed by atoms with E-state index in [0.29, 0.717) is 12.5 Å². The third-order valence-corrected chi connectivity index (χ3v) is 2.34. The monoisotopic (exact) mass is 223 g/mol. The maximum absolute atomic E-state index is 13.6. The van der Waals surface area contributed by atoms with Crippen molar-refractivity contribution >= 4 is 5.91 Å². The highest BCUT2D eigenvalue weighted by Crippen LogP contribution is 2.12. The van der Waals surface area contributed by atoms with Gasteiger partial charge in [-0.3, -0.25) is 4.79 Å². The summed E-state index contributed by atoms with van der Waals surface area (Å²) in [5, 5.41) is 0. The van der Waals surface area contributed by atoms with Gasteiger partial charge in [0.25, 0.3) is 5.91 Å². The average molecular weight is 223 g/mol. The Labute approximate surface area is 96.1 Å². The minimum atomic E-state index is -0.444. The van der Waals surface area contributed by atoms with E-state index in [0.717, 1.165) is 5.56 Å². The van der Waals surface area contributed by atoms with E-state index in [2.05, 4.69) is 0 Å². The van der Waals surface area contributed by atoms with Gasteiger partial charge >= 0.3 is 0 Å². The predicted octanol–water partition coefficient (Wildman–Crippen LogP) is 2.86. The Morgan fingerprint density at radius 2 is 2.06 bits per heavy atom. The van der Waals surface area contributed by atoms with Crippen molar-refractivity contribution in [2.24, 2.45) is 5.92 Å². The van der Waals surface area contributed by atoms with E-state index in [9.17, 15) is 9.18 Å². The van der Waals surface area contributed by atoms with Crippen LogP contribution in [0.1, 0.15) is 29.8 Å². The van der Waals surface area contributed by atoms with E-state index < -0.39 is 5.82 Å². The summed E-state index contributed by atoms with van der Waals surface area (Å²) < 4.78 is 13.6. The summed E-state index contributed by atoms with van der Waals surface area (Å²) in [6.07, 6.45) is 0. The molecule has 0 aliphatic rings. The first-order chi connectivity index (χ1) is 7.41. The van der Waals surface area contributed by atoms with E-state index in [4.69, 9.17) is 0 Å². The molecule has 88 valence electrons. The molecule has 1 rings (SSSR count). The van der Waals surface area contributed by atoms with Gasteiger partial charge in [-0.05, 0) is 30.5 Å². The Bertz CT molecular complexity index is 388. The summed E-state index contributed by atoms with van der Waals surface area (Å²) in [4.78, 5) is 13.5. The molecule has 1 aromatic carbocycles. The standard InChI is InChI=1S/C13H18FNO/c1-9(2)8-15(4)13(16)11-6-5-10(3)7-12(11)14/h5-7,9H,8H2,1-4H3. The Morgan fingerprint density at radius 3 is 2.56 bits per heavy atom. The number of aryl methyl sites for hydroxylation is 1. The molecule has 0 spiro atoms. The van der Waals surface area contributed by atoms with E-state index in [-0.39, 0.29) is 11.5 Å². The van der Waals surface area contributed by atoms with Gasteiger partial charge in [-0.1, -0.05) is 19.9 Å². The lowest BCUT2D eigenvalue weighted by Crippen LogP contribution is -2.30. The summed E-state index contributed by atoms with van der Waals surface area (Å²) in [7, 11) is 1.70. The zero-order valence-electron chi connectivity index (χ0n) is 10.2.